The monoisotopic (exact) mass is 1600 g/mol. The van der Waals surface area contributed by atoms with Crippen molar-refractivity contribution in [3.63, 3.8) is 0 Å². The van der Waals surface area contributed by atoms with Crippen molar-refractivity contribution in [3.8, 4) is 5.75 Å². The SMILES string of the molecule is CC[C@H](C)[C@@H]([C@@H](CC(=O)N1C[C@@H](NC(=O)OCc2ccc(CC(=O)[C@H](CCCCC(N)=O)NC(=O)[C@@H](CC(=O)CCCCCN3C(=O)CC(SCC4(CC(=O)ON5C(=O)CCC5=O)CC4)C3=O)C(C)C)cc2)C[C@H]1[C@H](OC)[C@@H](C)C(=O)NCC(=O)c1cccc(OC)c1)OC)N(C)C(=O)[C@@H](CC(=O)[C@H](C(C)C)N(C)C)C(C)C. The number of primary amides is 1. The second kappa shape index (κ2) is 44.4. The van der Waals surface area contributed by atoms with Crippen LogP contribution in [-0.4, -0.2) is 229 Å². The molecule has 1 saturated carbocycles. The predicted molar refractivity (Wildman–Crippen MR) is 421 cm³/mol. The Balaban J connectivity index is 1.05. The molecule has 1 unspecified atom stereocenters. The number of thioether (sulfide) groups is 1. The number of carbonyl (C=O) groups excluding carboxylic acids is 15. The maximum Gasteiger partial charge on any atom is 0.407 e. The van der Waals surface area contributed by atoms with Crippen LogP contribution in [0.15, 0.2) is 48.5 Å². The molecule has 0 aromatic heterocycles. The van der Waals surface area contributed by atoms with Gasteiger partial charge in [0.05, 0.1) is 80.1 Å². The number of ketones is 4. The van der Waals surface area contributed by atoms with Crippen LogP contribution in [0.4, 0.5) is 4.79 Å². The number of methoxy groups -OCH3 is 3. The van der Waals surface area contributed by atoms with Gasteiger partial charge < -0.3 is 55.3 Å². The largest absolute Gasteiger partial charge is 0.497 e. The van der Waals surface area contributed by atoms with E-state index < -0.39 is 118 Å². The Labute approximate surface area is 669 Å². The van der Waals surface area contributed by atoms with Crippen LogP contribution in [-0.2, 0) is 94.4 Å². The molecule has 1 aliphatic carbocycles. The quantitative estimate of drug-likeness (QED) is 0.0280. The second-order valence-electron chi connectivity index (χ2n) is 32.4. The minimum atomic E-state index is -0.979. The number of Topliss-reactive ketones (excluding diaryl/α,β-unsaturated/α-hetero) is 4. The number of likely N-dealkylation sites (tertiary alicyclic amines) is 2. The lowest BCUT2D eigenvalue weighted by Crippen LogP contribution is -2.54. The number of unbranched alkanes of at least 4 members (excludes halogenated alkanes) is 3. The number of benzene rings is 2. The molecule has 4 aliphatic rings. The summed E-state index contributed by atoms with van der Waals surface area (Å²) in [6, 6.07) is 9.74. The number of amides is 10. The van der Waals surface area contributed by atoms with E-state index in [4.69, 9.17) is 29.5 Å². The number of ether oxygens (including phenoxy) is 4. The van der Waals surface area contributed by atoms with Gasteiger partial charge in [-0.3, -0.25) is 72.1 Å². The summed E-state index contributed by atoms with van der Waals surface area (Å²) in [5, 5.41) is 8.46. The molecule has 5 N–H and O–H groups in total. The van der Waals surface area contributed by atoms with Crippen LogP contribution >= 0.6 is 11.8 Å². The number of hydrogen-bond donors (Lipinski definition) is 4. The average molecular weight is 1600 g/mol. The van der Waals surface area contributed by atoms with Gasteiger partial charge in [0.1, 0.15) is 18.1 Å². The summed E-state index contributed by atoms with van der Waals surface area (Å²) in [5.74, 6) is -7.69. The Morgan fingerprint density at radius 1 is 0.726 bits per heavy atom. The van der Waals surface area contributed by atoms with E-state index in [1.165, 1.54) is 38.0 Å². The summed E-state index contributed by atoms with van der Waals surface area (Å²) in [6.07, 6.45) is 1.64. The van der Waals surface area contributed by atoms with Gasteiger partial charge in [-0.2, -0.15) is 0 Å². The van der Waals surface area contributed by atoms with Gasteiger partial charge in [-0.05, 0) is 111 Å². The maximum atomic E-state index is 15.2. The number of carbonyl (C=O) groups is 15. The molecule has 6 rings (SSSR count). The molecule has 30 heteroatoms. The Morgan fingerprint density at radius 3 is 1.97 bits per heavy atom. The van der Waals surface area contributed by atoms with Gasteiger partial charge in [0.25, 0.3) is 11.8 Å². The van der Waals surface area contributed by atoms with Crippen molar-refractivity contribution >= 4 is 100 Å². The lowest BCUT2D eigenvalue weighted by atomic mass is 9.83. The normalized spacial score (nSPS) is 19.1. The van der Waals surface area contributed by atoms with E-state index in [0.717, 1.165) is 0 Å². The van der Waals surface area contributed by atoms with Crippen molar-refractivity contribution in [1.82, 2.24) is 40.6 Å². The highest BCUT2D eigenvalue weighted by Crippen LogP contribution is 2.52. The van der Waals surface area contributed by atoms with Gasteiger partial charge in [0, 0.05) is 109 Å². The molecule has 113 heavy (non-hydrogen) atoms. The average Bonchev–Trinajstić information content (AvgIpc) is 1.65. The van der Waals surface area contributed by atoms with Gasteiger partial charge in [0.15, 0.2) is 17.3 Å². The lowest BCUT2D eigenvalue weighted by Gasteiger charge is -2.41. The molecular formula is C83H123N9O20S. The summed E-state index contributed by atoms with van der Waals surface area (Å²) in [7, 11) is 9.75. The standard InChI is InChI=1S/C83H123N9O20S/c1-16-52(8)76(89(12)80(105)61(50(4)5)41-65(95)75(51(6)7)88(10)11)67(109-14)42-72(100)91-46-57(39-63(91)77(110-15)53(9)78(103)85-45-66(96)56-23-22-25-59(38-56)108-13)86-82(107)111-47-55-30-28-54(29-31-55)37-64(94)62(26-19-20-27-69(84)97)87-79(104)60(49(2)3)40-58(93)24-18-17-21-36-90-73(101)43-68(81(90)106)113-48-83(34-35-83)44-74(102)112-92-70(98)32-33-71(92)99/h22-23,25,28-31,38,49-53,57,60-63,67-68,75-77H,16-21,24,26-27,32-37,39-48H2,1-15H3,(H2,84,97)(H,85,103)(H,86,107)(H,87,104)/t52-,53+,57-,60-,61-,62-,63-,67+,68?,75-,76-,77+/m0/s1. The number of hydroxylamine groups is 2. The third kappa shape index (κ3) is 27.3. The molecule has 10 amide bonds. The second-order valence-corrected chi connectivity index (χ2v) is 33.5. The number of hydrogen-bond acceptors (Lipinski definition) is 22. The molecule has 0 radical (unpaired) electrons. The van der Waals surface area contributed by atoms with Crippen molar-refractivity contribution in [2.24, 2.45) is 52.6 Å². The van der Waals surface area contributed by atoms with E-state index in [0.29, 0.717) is 84.6 Å². The highest BCUT2D eigenvalue weighted by atomic mass is 32.2. The summed E-state index contributed by atoms with van der Waals surface area (Å²) in [4.78, 5) is 213. The van der Waals surface area contributed by atoms with Crippen molar-refractivity contribution in [1.29, 1.82) is 0 Å². The zero-order valence-corrected chi connectivity index (χ0v) is 69.7. The molecule has 29 nitrogen and oxygen atoms in total. The summed E-state index contributed by atoms with van der Waals surface area (Å²) >= 11 is 1.31. The molecule has 0 spiro atoms. The Bertz CT molecular complexity index is 3650. The molecule has 3 aliphatic heterocycles. The van der Waals surface area contributed by atoms with E-state index in [1.807, 2.05) is 74.4 Å². The van der Waals surface area contributed by atoms with Crippen LogP contribution in [0.3, 0.4) is 0 Å². The van der Waals surface area contributed by atoms with E-state index in [2.05, 4.69) is 16.0 Å². The Morgan fingerprint density at radius 2 is 1.38 bits per heavy atom. The van der Waals surface area contributed by atoms with Crippen molar-refractivity contribution in [2.45, 2.75) is 245 Å². The first-order chi connectivity index (χ1) is 53.5. The number of nitrogens with one attached hydrogen (secondary N) is 3. The van der Waals surface area contributed by atoms with Crippen molar-refractivity contribution in [3.05, 3.63) is 65.2 Å². The number of imide groups is 2. The fourth-order valence-corrected chi connectivity index (χ4v) is 17.0. The fraction of sp³-hybridized carbons (Fsp3) is 0.675. The molecule has 2 aromatic rings. The predicted octanol–water partition coefficient (Wildman–Crippen LogP) is 7.71. The number of nitrogens with zero attached hydrogens (tertiary/aromatic N) is 5. The number of rotatable bonds is 50. The molecule has 3 saturated heterocycles. The molecular weight excluding hydrogens is 1480 g/mol. The minimum absolute atomic E-state index is 0.00587. The van der Waals surface area contributed by atoms with E-state index in [1.54, 1.807) is 72.3 Å². The molecule has 2 aromatic carbocycles. The third-order valence-corrected chi connectivity index (χ3v) is 24.1. The zero-order chi connectivity index (χ0) is 83.7. The van der Waals surface area contributed by atoms with Crippen LogP contribution < -0.4 is 26.4 Å². The first-order valence-electron chi connectivity index (χ1n) is 39.9. The van der Waals surface area contributed by atoms with Crippen LogP contribution in [0, 0.1) is 46.8 Å². The smallest absolute Gasteiger partial charge is 0.407 e. The van der Waals surface area contributed by atoms with Crippen molar-refractivity contribution < 1.29 is 95.7 Å². The molecule has 3 heterocycles. The summed E-state index contributed by atoms with van der Waals surface area (Å²) < 4.78 is 23.3. The highest BCUT2D eigenvalue weighted by Gasteiger charge is 2.50. The first kappa shape index (κ1) is 93.4. The number of nitrogens with two attached hydrogens (primary N) is 1. The zero-order valence-electron chi connectivity index (χ0n) is 68.8. The Hall–Kier alpha value is -8.48. The molecule has 12 atom stereocenters. The maximum absolute atomic E-state index is 15.2. The van der Waals surface area contributed by atoms with Gasteiger partial charge in [-0.15, -0.1) is 16.8 Å². The molecule has 626 valence electrons. The lowest BCUT2D eigenvalue weighted by molar-refractivity contribution is -0.198. The van der Waals surface area contributed by atoms with Crippen LogP contribution in [0.1, 0.15) is 206 Å². The number of likely N-dealkylation sites (N-methyl/N-ethyl adjacent to an activating group) is 2. The fourth-order valence-electron chi connectivity index (χ4n) is 15.5. The van der Waals surface area contributed by atoms with Gasteiger partial charge in [0.2, 0.25) is 41.4 Å². The van der Waals surface area contributed by atoms with Crippen molar-refractivity contribution in [2.75, 3.05) is 67.9 Å². The number of alkyl carbamates (subject to hydrolysis) is 1. The van der Waals surface area contributed by atoms with E-state index >= 15 is 4.79 Å². The third-order valence-electron chi connectivity index (χ3n) is 22.5. The van der Waals surface area contributed by atoms with Gasteiger partial charge >= 0.3 is 12.1 Å². The van der Waals surface area contributed by atoms with E-state index in [-0.39, 0.29) is 168 Å². The van der Waals surface area contributed by atoms with E-state index in [9.17, 15) is 67.1 Å². The summed E-state index contributed by atoms with van der Waals surface area (Å²) in [6.45, 7) is 16.6. The minimum Gasteiger partial charge on any atom is -0.497 e. The van der Waals surface area contributed by atoms with Crippen LogP contribution in [0.2, 0.25) is 0 Å². The van der Waals surface area contributed by atoms with Crippen LogP contribution in [0.25, 0.3) is 0 Å². The molecule has 4 fully saturated rings. The molecule has 0 bridgehead atoms. The first-order valence-corrected chi connectivity index (χ1v) is 40.9. The van der Waals surface area contributed by atoms with Crippen LogP contribution in [0.5, 0.6) is 5.75 Å². The highest BCUT2D eigenvalue weighted by molar-refractivity contribution is 8.00. The van der Waals surface area contributed by atoms with Gasteiger partial charge in [-0.25, -0.2) is 9.59 Å². The van der Waals surface area contributed by atoms with Gasteiger partial charge in [-0.1, -0.05) is 118 Å². The topological polar surface area (TPSA) is 381 Å². The Kier molecular flexibility index (Phi) is 36.7. The summed E-state index contributed by atoms with van der Waals surface area (Å²) in [5.41, 5.74) is 6.45.